The van der Waals surface area contributed by atoms with Crippen LogP contribution in [-0.4, -0.2) is 31.1 Å². The van der Waals surface area contributed by atoms with E-state index in [0.29, 0.717) is 6.04 Å². The van der Waals surface area contributed by atoms with E-state index in [-0.39, 0.29) is 0 Å². The topological polar surface area (TPSA) is 28.4 Å². The molecule has 2 heterocycles. The van der Waals surface area contributed by atoms with Gasteiger partial charge in [-0.15, -0.1) is 0 Å². The van der Waals surface area contributed by atoms with Crippen molar-refractivity contribution in [1.82, 2.24) is 10.2 Å². The van der Waals surface area contributed by atoms with Crippen molar-refractivity contribution in [1.29, 1.82) is 0 Å². The lowest BCUT2D eigenvalue weighted by atomic mass is 9.94. The van der Waals surface area contributed by atoms with Crippen LogP contribution in [0.3, 0.4) is 0 Å². The molecule has 1 saturated carbocycles. The van der Waals surface area contributed by atoms with E-state index in [1.807, 2.05) is 6.07 Å². The van der Waals surface area contributed by atoms with Crippen molar-refractivity contribution in [3.8, 4) is 0 Å². The fourth-order valence-corrected chi connectivity index (χ4v) is 3.75. The molecule has 1 N–H and O–H groups in total. The summed E-state index contributed by atoms with van der Waals surface area (Å²) in [5.74, 6) is 1.93. The number of piperazine rings is 1. The molecule has 0 aromatic carbocycles. The molecule has 0 spiro atoms. The zero-order valence-corrected chi connectivity index (χ0v) is 12.3. The summed E-state index contributed by atoms with van der Waals surface area (Å²) < 4.78 is 6.72. The molecule has 3 nitrogen and oxygen atoms in total. The SMILES string of the molecule is Brc1ccc([C@@H](C2CCCC2)N2CCNCC2)o1. The van der Waals surface area contributed by atoms with Crippen LogP contribution in [0.2, 0.25) is 0 Å². The third kappa shape index (κ3) is 2.65. The average Bonchev–Trinajstić information content (AvgIpc) is 3.04. The van der Waals surface area contributed by atoms with E-state index >= 15 is 0 Å². The van der Waals surface area contributed by atoms with Gasteiger partial charge in [-0.1, -0.05) is 12.8 Å². The summed E-state index contributed by atoms with van der Waals surface area (Å²) in [5, 5.41) is 3.44. The van der Waals surface area contributed by atoms with E-state index in [2.05, 4.69) is 32.2 Å². The first-order valence-electron chi connectivity index (χ1n) is 7.04. The van der Waals surface area contributed by atoms with Crippen LogP contribution in [0.25, 0.3) is 0 Å². The van der Waals surface area contributed by atoms with Gasteiger partial charge in [-0.05, 0) is 46.8 Å². The third-order valence-corrected chi connectivity index (χ3v) is 4.70. The van der Waals surface area contributed by atoms with Crippen LogP contribution < -0.4 is 5.32 Å². The average molecular weight is 313 g/mol. The highest BCUT2D eigenvalue weighted by molar-refractivity contribution is 9.10. The molecule has 0 unspecified atom stereocenters. The predicted octanol–water partition coefficient (Wildman–Crippen LogP) is 3.18. The van der Waals surface area contributed by atoms with Gasteiger partial charge in [0.1, 0.15) is 5.76 Å². The van der Waals surface area contributed by atoms with Crippen LogP contribution in [0.4, 0.5) is 0 Å². The number of hydrogen-bond acceptors (Lipinski definition) is 3. The quantitative estimate of drug-likeness (QED) is 0.929. The van der Waals surface area contributed by atoms with Crippen LogP contribution >= 0.6 is 15.9 Å². The molecule has 0 amide bonds. The van der Waals surface area contributed by atoms with Gasteiger partial charge in [-0.2, -0.15) is 0 Å². The Kier molecular flexibility index (Phi) is 4.07. The van der Waals surface area contributed by atoms with Crippen LogP contribution in [-0.2, 0) is 0 Å². The number of nitrogens with one attached hydrogen (secondary N) is 1. The number of halogens is 1. The molecule has 3 rings (SSSR count). The number of hydrogen-bond donors (Lipinski definition) is 1. The van der Waals surface area contributed by atoms with Crippen molar-refractivity contribution in [3.05, 3.63) is 22.6 Å². The number of furan rings is 1. The summed E-state index contributed by atoms with van der Waals surface area (Å²) in [6, 6.07) is 4.66. The zero-order valence-electron chi connectivity index (χ0n) is 10.7. The maximum absolute atomic E-state index is 5.87. The minimum Gasteiger partial charge on any atom is -0.453 e. The van der Waals surface area contributed by atoms with E-state index < -0.39 is 0 Å². The second-order valence-corrected chi connectivity index (χ2v) is 6.20. The fourth-order valence-electron chi connectivity index (χ4n) is 3.43. The monoisotopic (exact) mass is 312 g/mol. The van der Waals surface area contributed by atoms with Gasteiger partial charge in [-0.25, -0.2) is 0 Å². The van der Waals surface area contributed by atoms with Crippen molar-refractivity contribution >= 4 is 15.9 Å². The zero-order chi connectivity index (χ0) is 12.4. The van der Waals surface area contributed by atoms with Gasteiger partial charge < -0.3 is 9.73 Å². The van der Waals surface area contributed by atoms with E-state index in [9.17, 15) is 0 Å². The smallest absolute Gasteiger partial charge is 0.169 e. The third-order valence-electron chi connectivity index (χ3n) is 4.28. The molecule has 1 aromatic rings. The Morgan fingerprint density at radius 2 is 1.94 bits per heavy atom. The first kappa shape index (κ1) is 12.7. The highest BCUT2D eigenvalue weighted by Crippen LogP contribution is 2.40. The lowest BCUT2D eigenvalue weighted by Gasteiger charge is -2.37. The van der Waals surface area contributed by atoms with Crippen LogP contribution in [0.5, 0.6) is 0 Å². The molecule has 100 valence electrons. The highest BCUT2D eigenvalue weighted by atomic mass is 79.9. The van der Waals surface area contributed by atoms with Gasteiger partial charge in [0.05, 0.1) is 6.04 Å². The summed E-state index contributed by atoms with van der Waals surface area (Å²) in [4.78, 5) is 2.61. The molecule has 2 aliphatic rings. The highest BCUT2D eigenvalue weighted by Gasteiger charge is 2.33. The van der Waals surface area contributed by atoms with Gasteiger partial charge in [0.25, 0.3) is 0 Å². The molecule has 0 bridgehead atoms. The maximum atomic E-state index is 5.87. The Labute approximate surface area is 117 Å². The van der Waals surface area contributed by atoms with Gasteiger partial charge in [0.15, 0.2) is 4.67 Å². The Bertz CT molecular complexity index is 381. The van der Waals surface area contributed by atoms with Crippen molar-refractivity contribution in [3.63, 3.8) is 0 Å². The molecule has 1 aliphatic carbocycles. The summed E-state index contributed by atoms with van der Waals surface area (Å²) in [6.07, 6.45) is 5.48. The lowest BCUT2D eigenvalue weighted by Crippen LogP contribution is -2.46. The largest absolute Gasteiger partial charge is 0.453 e. The molecule has 0 radical (unpaired) electrons. The Morgan fingerprint density at radius 3 is 2.56 bits per heavy atom. The molecule has 1 saturated heterocycles. The minimum absolute atomic E-state index is 0.487. The fraction of sp³-hybridized carbons (Fsp3) is 0.714. The predicted molar refractivity (Wildman–Crippen MR) is 75.5 cm³/mol. The van der Waals surface area contributed by atoms with Crippen LogP contribution in [0.15, 0.2) is 21.2 Å². The molecule has 1 aromatic heterocycles. The minimum atomic E-state index is 0.487. The standard InChI is InChI=1S/C14H21BrN2O/c15-13-6-5-12(18-13)14(11-3-1-2-4-11)17-9-7-16-8-10-17/h5-6,11,14,16H,1-4,7-10H2/t14-/m1/s1. The molecule has 4 heteroatoms. The Balaban J connectivity index is 1.82. The normalized spacial score (nSPS) is 24.5. The maximum Gasteiger partial charge on any atom is 0.169 e. The molecular formula is C14H21BrN2O. The first-order chi connectivity index (χ1) is 8.84. The van der Waals surface area contributed by atoms with E-state index in [4.69, 9.17) is 4.42 Å². The molecule has 18 heavy (non-hydrogen) atoms. The summed E-state index contributed by atoms with van der Waals surface area (Å²) >= 11 is 3.44. The van der Waals surface area contributed by atoms with Crippen molar-refractivity contribution in [2.75, 3.05) is 26.2 Å². The van der Waals surface area contributed by atoms with Crippen LogP contribution in [0, 0.1) is 5.92 Å². The van der Waals surface area contributed by atoms with Gasteiger partial charge in [0.2, 0.25) is 0 Å². The lowest BCUT2D eigenvalue weighted by molar-refractivity contribution is 0.107. The summed E-state index contributed by atoms with van der Waals surface area (Å²) in [6.45, 7) is 4.48. The van der Waals surface area contributed by atoms with Crippen molar-refractivity contribution in [2.45, 2.75) is 31.7 Å². The van der Waals surface area contributed by atoms with Crippen molar-refractivity contribution < 1.29 is 4.42 Å². The summed E-state index contributed by atoms with van der Waals surface area (Å²) in [7, 11) is 0. The Morgan fingerprint density at radius 1 is 1.22 bits per heavy atom. The summed E-state index contributed by atoms with van der Waals surface area (Å²) in [5.41, 5.74) is 0. The number of rotatable bonds is 3. The Hall–Kier alpha value is -0.320. The van der Waals surface area contributed by atoms with Gasteiger partial charge >= 0.3 is 0 Å². The molecule has 2 fully saturated rings. The second-order valence-electron chi connectivity index (χ2n) is 5.42. The number of nitrogens with zero attached hydrogens (tertiary/aromatic N) is 1. The molecular weight excluding hydrogens is 292 g/mol. The van der Waals surface area contributed by atoms with Gasteiger partial charge in [0, 0.05) is 26.2 Å². The van der Waals surface area contributed by atoms with Crippen molar-refractivity contribution in [2.24, 2.45) is 5.92 Å². The molecule has 1 aliphatic heterocycles. The van der Waals surface area contributed by atoms with Gasteiger partial charge in [-0.3, -0.25) is 4.90 Å². The molecule has 1 atom stereocenters. The van der Waals surface area contributed by atoms with E-state index in [1.54, 1.807) is 0 Å². The van der Waals surface area contributed by atoms with Crippen LogP contribution in [0.1, 0.15) is 37.5 Å². The first-order valence-corrected chi connectivity index (χ1v) is 7.84. The second kappa shape index (κ2) is 5.76. The van der Waals surface area contributed by atoms with E-state index in [0.717, 1.165) is 42.5 Å². The van der Waals surface area contributed by atoms with E-state index in [1.165, 1.54) is 25.7 Å².